The van der Waals surface area contributed by atoms with Gasteiger partial charge in [-0.3, -0.25) is 4.79 Å². The Labute approximate surface area is 144 Å². The van der Waals surface area contributed by atoms with Crippen molar-refractivity contribution >= 4 is 5.91 Å². The minimum absolute atomic E-state index is 0.107. The zero-order valence-electron chi connectivity index (χ0n) is 14.8. The minimum atomic E-state index is -0.265. The number of amides is 1. The van der Waals surface area contributed by atoms with Crippen LogP contribution < -0.4 is 0 Å². The molecule has 1 heterocycles. The van der Waals surface area contributed by atoms with E-state index in [2.05, 4.69) is 31.2 Å². The van der Waals surface area contributed by atoms with Crippen LogP contribution in [0.2, 0.25) is 0 Å². The molecule has 1 aromatic rings. The smallest absolute Gasteiger partial charge is 0.222 e. The van der Waals surface area contributed by atoms with E-state index in [-0.39, 0.29) is 23.5 Å². The largest absolute Gasteiger partial charge is 0.392 e. The SMILES string of the molecule is CCOC1CC(O)C12CCN(C(=O)CCc1ccc(C)cc1)CC2. The molecule has 0 bridgehead atoms. The average Bonchev–Trinajstić information content (AvgIpc) is 2.61. The molecule has 2 unspecified atom stereocenters. The molecule has 1 aromatic carbocycles. The number of aliphatic hydroxyl groups excluding tert-OH is 1. The normalized spacial score (nSPS) is 25.5. The van der Waals surface area contributed by atoms with Crippen molar-refractivity contribution < 1.29 is 14.6 Å². The standard InChI is InChI=1S/C20H29NO3/c1-3-24-18-14-17(22)20(18)10-12-21(13-11-20)19(23)9-8-16-6-4-15(2)5-7-16/h4-7,17-18,22H,3,8-14H2,1-2H3. The Bertz CT molecular complexity index is 559. The molecule has 1 saturated heterocycles. The third-order valence-corrected chi connectivity index (χ3v) is 5.91. The number of likely N-dealkylation sites (tertiary alicyclic amines) is 1. The number of benzene rings is 1. The summed E-state index contributed by atoms with van der Waals surface area (Å²) in [6, 6.07) is 8.39. The second kappa shape index (κ2) is 7.24. The highest BCUT2D eigenvalue weighted by Gasteiger charge is 2.56. The van der Waals surface area contributed by atoms with Crippen LogP contribution in [0.5, 0.6) is 0 Å². The molecule has 1 aliphatic heterocycles. The van der Waals surface area contributed by atoms with E-state index in [4.69, 9.17) is 4.74 Å². The van der Waals surface area contributed by atoms with Gasteiger partial charge in [0.05, 0.1) is 12.2 Å². The first-order chi connectivity index (χ1) is 11.5. The van der Waals surface area contributed by atoms with Crippen molar-refractivity contribution in [1.82, 2.24) is 4.90 Å². The van der Waals surface area contributed by atoms with Crippen molar-refractivity contribution in [2.75, 3.05) is 19.7 Å². The van der Waals surface area contributed by atoms with E-state index in [1.54, 1.807) is 0 Å². The van der Waals surface area contributed by atoms with Gasteiger partial charge in [-0.15, -0.1) is 0 Å². The predicted molar refractivity (Wildman–Crippen MR) is 93.8 cm³/mol. The van der Waals surface area contributed by atoms with E-state index < -0.39 is 0 Å². The van der Waals surface area contributed by atoms with E-state index in [1.807, 2.05) is 11.8 Å². The Morgan fingerprint density at radius 2 is 1.96 bits per heavy atom. The van der Waals surface area contributed by atoms with Gasteiger partial charge in [-0.05, 0) is 38.7 Å². The van der Waals surface area contributed by atoms with Gasteiger partial charge in [-0.2, -0.15) is 0 Å². The number of hydrogen-bond acceptors (Lipinski definition) is 3. The summed E-state index contributed by atoms with van der Waals surface area (Å²) in [5.41, 5.74) is 2.35. The first-order valence-electron chi connectivity index (χ1n) is 9.18. The molecular formula is C20H29NO3. The molecule has 1 aliphatic carbocycles. The molecule has 2 fully saturated rings. The molecule has 1 amide bonds. The van der Waals surface area contributed by atoms with Gasteiger partial charge in [-0.1, -0.05) is 29.8 Å². The van der Waals surface area contributed by atoms with Gasteiger partial charge < -0.3 is 14.7 Å². The van der Waals surface area contributed by atoms with E-state index >= 15 is 0 Å². The van der Waals surface area contributed by atoms with Gasteiger partial charge >= 0.3 is 0 Å². The van der Waals surface area contributed by atoms with E-state index in [0.29, 0.717) is 13.0 Å². The Morgan fingerprint density at radius 1 is 1.29 bits per heavy atom. The number of nitrogens with zero attached hydrogens (tertiary/aromatic N) is 1. The van der Waals surface area contributed by atoms with Crippen molar-refractivity contribution in [2.45, 2.75) is 58.2 Å². The molecule has 1 spiro atoms. The monoisotopic (exact) mass is 331 g/mol. The number of ether oxygens (including phenoxy) is 1. The minimum Gasteiger partial charge on any atom is -0.392 e. The Hall–Kier alpha value is -1.39. The number of rotatable bonds is 5. The summed E-state index contributed by atoms with van der Waals surface area (Å²) in [5.74, 6) is 0.229. The lowest BCUT2D eigenvalue weighted by molar-refractivity contribution is -0.210. The average molecular weight is 331 g/mol. The van der Waals surface area contributed by atoms with Gasteiger partial charge in [0.2, 0.25) is 5.91 Å². The summed E-state index contributed by atoms with van der Waals surface area (Å²) in [4.78, 5) is 14.4. The first-order valence-corrected chi connectivity index (χ1v) is 9.18. The molecule has 24 heavy (non-hydrogen) atoms. The van der Waals surface area contributed by atoms with Crippen LogP contribution in [0.15, 0.2) is 24.3 Å². The second-order valence-corrected chi connectivity index (χ2v) is 7.30. The number of aliphatic hydroxyl groups is 1. The summed E-state index contributed by atoms with van der Waals surface area (Å²) >= 11 is 0. The fourth-order valence-electron chi connectivity index (χ4n) is 4.15. The topological polar surface area (TPSA) is 49.8 Å². The molecular weight excluding hydrogens is 302 g/mol. The van der Waals surface area contributed by atoms with Gasteiger partial charge in [0, 0.05) is 38.0 Å². The fourth-order valence-corrected chi connectivity index (χ4v) is 4.15. The van der Waals surface area contributed by atoms with Gasteiger partial charge in [0.25, 0.3) is 0 Å². The lowest BCUT2D eigenvalue weighted by atomic mass is 9.58. The third kappa shape index (κ3) is 3.35. The quantitative estimate of drug-likeness (QED) is 0.902. The summed E-state index contributed by atoms with van der Waals surface area (Å²) in [7, 11) is 0. The zero-order valence-corrected chi connectivity index (χ0v) is 14.8. The van der Waals surface area contributed by atoms with Crippen LogP contribution >= 0.6 is 0 Å². The van der Waals surface area contributed by atoms with Crippen LogP contribution in [0.1, 0.15) is 43.7 Å². The molecule has 132 valence electrons. The van der Waals surface area contributed by atoms with Crippen LogP contribution in [0, 0.1) is 12.3 Å². The van der Waals surface area contributed by atoms with Gasteiger partial charge in [0.15, 0.2) is 0 Å². The summed E-state index contributed by atoms with van der Waals surface area (Å²) in [5, 5.41) is 10.2. The highest BCUT2D eigenvalue weighted by molar-refractivity contribution is 5.76. The molecule has 0 aromatic heterocycles. The fraction of sp³-hybridized carbons (Fsp3) is 0.650. The predicted octanol–water partition coefficient (Wildman–Crippen LogP) is 2.71. The summed E-state index contributed by atoms with van der Waals surface area (Å²) in [6.07, 6.45) is 3.72. The van der Waals surface area contributed by atoms with Crippen molar-refractivity contribution in [3.05, 3.63) is 35.4 Å². The Balaban J connectivity index is 1.49. The van der Waals surface area contributed by atoms with Crippen LogP contribution in [-0.4, -0.2) is 47.8 Å². The Morgan fingerprint density at radius 3 is 2.54 bits per heavy atom. The van der Waals surface area contributed by atoms with Crippen molar-refractivity contribution in [1.29, 1.82) is 0 Å². The number of carbonyl (C=O) groups excluding carboxylic acids is 1. The van der Waals surface area contributed by atoms with E-state index in [9.17, 15) is 9.90 Å². The maximum Gasteiger partial charge on any atom is 0.222 e. The second-order valence-electron chi connectivity index (χ2n) is 7.30. The van der Waals surface area contributed by atoms with Crippen molar-refractivity contribution in [3.63, 3.8) is 0 Å². The van der Waals surface area contributed by atoms with Crippen LogP contribution in [0.25, 0.3) is 0 Å². The van der Waals surface area contributed by atoms with Gasteiger partial charge in [-0.25, -0.2) is 0 Å². The lowest BCUT2D eigenvalue weighted by Crippen LogP contribution is -2.62. The summed E-state index contributed by atoms with van der Waals surface area (Å²) in [6.45, 7) is 6.25. The first kappa shape index (κ1) is 17.4. The highest BCUT2D eigenvalue weighted by atomic mass is 16.5. The highest BCUT2D eigenvalue weighted by Crippen LogP contribution is 2.50. The molecule has 4 nitrogen and oxygen atoms in total. The molecule has 2 atom stereocenters. The zero-order chi connectivity index (χ0) is 17.2. The van der Waals surface area contributed by atoms with Crippen LogP contribution in [0.3, 0.4) is 0 Å². The number of hydrogen-bond donors (Lipinski definition) is 1. The number of piperidine rings is 1. The molecule has 3 rings (SSSR count). The third-order valence-electron chi connectivity index (χ3n) is 5.91. The lowest BCUT2D eigenvalue weighted by Gasteiger charge is -2.56. The molecule has 4 heteroatoms. The molecule has 0 radical (unpaired) electrons. The maximum absolute atomic E-state index is 12.5. The van der Waals surface area contributed by atoms with Crippen molar-refractivity contribution in [2.24, 2.45) is 5.41 Å². The number of carbonyl (C=O) groups is 1. The maximum atomic E-state index is 12.5. The molecule has 1 saturated carbocycles. The van der Waals surface area contributed by atoms with Crippen molar-refractivity contribution in [3.8, 4) is 0 Å². The van der Waals surface area contributed by atoms with Crippen LogP contribution in [-0.2, 0) is 16.0 Å². The van der Waals surface area contributed by atoms with E-state index in [1.165, 1.54) is 11.1 Å². The number of aryl methyl sites for hydroxylation is 2. The molecule has 2 aliphatic rings. The van der Waals surface area contributed by atoms with E-state index in [0.717, 1.165) is 38.8 Å². The van der Waals surface area contributed by atoms with Gasteiger partial charge in [0.1, 0.15) is 0 Å². The molecule has 1 N–H and O–H groups in total. The Kier molecular flexibility index (Phi) is 5.26. The summed E-state index contributed by atoms with van der Waals surface area (Å²) < 4.78 is 5.79. The van der Waals surface area contributed by atoms with Crippen LogP contribution in [0.4, 0.5) is 0 Å².